The van der Waals surface area contributed by atoms with Crippen molar-refractivity contribution in [1.82, 2.24) is 4.37 Å². The van der Waals surface area contributed by atoms with E-state index in [4.69, 9.17) is 0 Å². The highest BCUT2D eigenvalue weighted by Crippen LogP contribution is 2.19. The number of hydrogen-bond donors (Lipinski definition) is 1. The van der Waals surface area contributed by atoms with Gasteiger partial charge in [-0.15, -0.1) is 0 Å². The average molecular weight is 221 g/mol. The van der Waals surface area contributed by atoms with Crippen molar-refractivity contribution >= 4 is 21.4 Å². The van der Waals surface area contributed by atoms with Gasteiger partial charge in [0.1, 0.15) is 15.9 Å². The first kappa shape index (κ1) is 10.6. The minimum absolute atomic E-state index is 0.241. The molecular weight excluding hydrogens is 210 g/mol. The molecule has 1 aromatic heterocycles. The van der Waals surface area contributed by atoms with Gasteiger partial charge in [0.15, 0.2) is 0 Å². The maximum absolute atomic E-state index is 10.8. The molecule has 0 saturated carbocycles. The van der Waals surface area contributed by atoms with Crippen LogP contribution in [0.25, 0.3) is 0 Å². The monoisotopic (exact) mass is 221 g/mol. The molecule has 0 fully saturated rings. The van der Waals surface area contributed by atoms with Crippen LogP contribution < -0.4 is 0 Å². The normalized spacial score (nSPS) is 14.4. The predicted molar refractivity (Wildman–Crippen MR) is 51.5 cm³/mol. The molecule has 1 aromatic rings. The molecule has 0 saturated heterocycles. The molecule has 6 heteroatoms. The summed E-state index contributed by atoms with van der Waals surface area (Å²) in [6.45, 7) is 1.80. The minimum Gasteiger partial charge on any atom is -0.386 e. The van der Waals surface area contributed by atoms with Crippen molar-refractivity contribution in [1.29, 1.82) is 0 Å². The Morgan fingerprint density at radius 1 is 1.69 bits per heavy atom. The van der Waals surface area contributed by atoms with E-state index in [2.05, 4.69) is 4.37 Å². The third-order valence-corrected chi connectivity index (χ3v) is 3.34. The summed E-state index contributed by atoms with van der Waals surface area (Å²) in [4.78, 5) is 0.600. The summed E-state index contributed by atoms with van der Waals surface area (Å²) in [5, 5.41) is 9.46. The number of hydrogen-bond acceptors (Lipinski definition) is 5. The Morgan fingerprint density at radius 3 is 2.69 bits per heavy atom. The van der Waals surface area contributed by atoms with Crippen LogP contribution >= 0.6 is 11.5 Å². The fraction of sp³-hybridized carbons (Fsp3) is 0.571. The van der Waals surface area contributed by atoms with Crippen LogP contribution in [0.15, 0.2) is 6.07 Å². The molecule has 13 heavy (non-hydrogen) atoms. The second kappa shape index (κ2) is 3.73. The smallest absolute Gasteiger partial charge is 0.150 e. The molecular formula is C7H11NO3S2. The Morgan fingerprint density at radius 2 is 2.31 bits per heavy atom. The maximum atomic E-state index is 10.8. The van der Waals surface area contributed by atoms with Gasteiger partial charge in [-0.2, -0.15) is 4.37 Å². The molecule has 0 aliphatic carbocycles. The highest BCUT2D eigenvalue weighted by atomic mass is 32.2. The molecule has 0 aliphatic heterocycles. The number of nitrogens with zero attached hydrogens (tertiary/aromatic N) is 1. The third-order valence-electron chi connectivity index (χ3n) is 1.44. The van der Waals surface area contributed by atoms with E-state index in [1.54, 1.807) is 13.0 Å². The largest absolute Gasteiger partial charge is 0.386 e. The number of sulfone groups is 1. The van der Waals surface area contributed by atoms with Gasteiger partial charge in [-0.25, -0.2) is 8.42 Å². The lowest BCUT2D eigenvalue weighted by molar-refractivity contribution is 0.205. The lowest BCUT2D eigenvalue weighted by Crippen LogP contribution is -2.11. The van der Waals surface area contributed by atoms with Crippen molar-refractivity contribution in [3.05, 3.63) is 16.6 Å². The van der Waals surface area contributed by atoms with Crippen molar-refractivity contribution < 1.29 is 13.5 Å². The van der Waals surface area contributed by atoms with E-state index in [0.717, 1.165) is 23.5 Å². The first-order valence-electron chi connectivity index (χ1n) is 3.67. The molecule has 0 aliphatic rings. The topological polar surface area (TPSA) is 67.3 Å². The number of rotatable bonds is 3. The molecule has 1 atom stereocenters. The first-order valence-corrected chi connectivity index (χ1v) is 6.51. The van der Waals surface area contributed by atoms with Crippen molar-refractivity contribution in [3.63, 3.8) is 0 Å². The zero-order valence-electron chi connectivity index (χ0n) is 7.39. The Labute approximate surface area is 81.3 Å². The summed E-state index contributed by atoms with van der Waals surface area (Å²) in [6, 6.07) is 1.69. The van der Waals surface area contributed by atoms with Crippen LogP contribution in [-0.2, 0) is 9.84 Å². The van der Waals surface area contributed by atoms with Crippen molar-refractivity contribution in [2.45, 2.75) is 13.0 Å². The summed E-state index contributed by atoms with van der Waals surface area (Å²) < 4.78 is 25.6. The Balaban J connectivity index is 2.75. The summed E-state index contributed by atoms with van der Waals surface area (Å²) >= 11 is 1.13. The first-order chi connectivity index (χ1) is 5.88. The second-order valence-corrected chi connectivity index (χ2v) is 6.00. The van der Waals surface area contributed by atoms with E-state index in [9.17, 15) is 13.5 Å². The van der Waals surface area contributed by atoms with E-state index in [-0.39, 0.29) is 5.75 Å². The molecule has 0 radical (unpaired) electrons. The van der Waals surface area contributed by atoms with Gasteiger partial charge in [0.25, 0.3) is 0 Å². The molecule has 1 heterocycles. The molecule has 1 unspecified atom stereocenters. The van der Waals surface area contributed by atoms with Gasteiger partial charge in [-0.3, -0.25) is 0 Å². The summed E-state index contributed by atoms with van der Waals surface area (Å²) in [7, 11) is -3.13. The zero-order chi connectivity index (χ0) is 10.1. The summed E-state index contributed by atoms with van der Waals surface area (Å²) in [6.07, 6.45) is 0.158. The van der Waals surface area contributed by atoms with Gasteiger partial charge >= 0.3 is 0 Å². The lowest BCUT2D eigenvalue weighted by atomic mass is 10.3. The van der Waals surface area contributed by atoms with E-state index in [0.29, 0.717) is 4.88 Å². The highest BCUT2D eigenvalue weighted by Gasteiger charge is 2.16. The predicted octanol–water partition coefficient (Wildman–Crippen LogP) is 0.530. The number of aromatic nitrogens is 1. The SMILES string of the molecule is Cc1cc(C(O)CS(C)(=O)=O)sn1. The van der Waals surface area contributed by atoms with E-state index < -0.39 is 15.9 Å². The Bertz CT molecular complexity index is 382. The minimum atomic E-state index is -3.13. The average Bonchev–Trinajstić information content (AvgIpc) is 2.31. The Kier molecular flexibility index (Phi) is 3.05. The van der Waals surface area contributed by atoms with Crippen molar-refractivity contribution in [3.8, 4) is 0 Å². The van der Waals surface area contributed by atoms with Crippen molar-refractivity contribution in [2.24, 2.45) is 0 Å². The van der Waals surface area contributed by atoms with Gasteiger partial charge in [0.05, 0.1) is 16.3 Å². The quantitative estimate of drug-likeness (QED) is 0.808. The van der Waals surface area contributed by atoms with Crippen LogP contribution in [-0.4, -0.2) is 29.9 Å². The highest BCUT2D eigenvalue weighted by molar-refractivity contribution is 7.90. The Hall–Kier alpha value is -0.460. The zero-order valence-corrected chi connectivity index (χ0v) is 9.02. The standard InChI is InChI=1S/C7H11NO3S2/c1-5-3-7(12-8-5)6(9)4-13(2,10)11/h3,6,9H,4H2,1-2H3. The molecule has 74 valence electrons. The van der Waals surface area contributed by atoms with E-state index in [1.807, 2.05) is 0 Å². The van der Waals surface area contributed by atoms with Gasteiger partial charge in [0.2, 0.25) is 0 Å². The summed E-state index contributed by atoms with van der Waals surface area (Å²) in [5.74, 6) is -0.241. The van der Waals surface area contributed by atoms with E-state index in [1.165, 1.54) is 0 Å². The number of aryl methyl sites for hydroxylation is 1. The second-order valence-electron chi connectivity index (χ2n) is 2.98. The third kappa shape index (κ3) is 3.41. The van der Waals surface area contributed by atoms with Crippen LogP contribution in [0.4, 0.5) is 0 Å². The summed E-state index contributed by atoms with van der Waals surface area (Å²) in [5.41, 5.74) is 0.799. The van der Waals surface area contributed by atoms with Crippen LogP contribution in [0.2, 0.25) is 0 Å². The molecule has 0 bridgehead atoms. The fourth-order valence-corrected chi connectivity index (χ4v) is 2.50. The van der Waals surface area contributed by atoms with Crippen LogP contribution in [0.3, 0.4) is 0 Å². The molecule has 1 N–H and O–H groups in total. The lowest BCUT2D eigenvalue weighted by Gasteiger charge is -2.04. The molecule has 0 spiro atoms. The molecule has 0 aromatic carbocycles. The number of aliphatic hydroxyl groups excluding tert-OH is 1. The van der Waals surface area contributed by atoms with Crippen LogP contribution in [0, 0.1) is 6.92 Å². The van der Waals surface area contributed by atoms with Crippen LogP contribution in [0.1, 0.15) is 16.7 Å². The maximum Gasteiger partial charge on any atom is 0.150 e. The van der Waals surface area contributed by atoms with E-state index >= 15 is 0 Å². The van der Waals surface area contributed by atoms with Gasteiger partial charge in [0, 0.05) is 6.26 Å². The molecule has 1 rings (SSSR count). The number of aliphatic hydroxyl groups is 1. The van der Waals surface area contributed by atoms with Gasteiger partial charge in [-0.05, 0) is 24.5 Å². The van der Waals surface area contributed by atoms with Gasteiger partial charge in [-0.1, -0.05) is 0 Å². The van der Waals surface area contributed by atoms with Crippen LogP contribution in [0.5, 0.6) is 0 Å². The fourth-order valence-electron chi connectivity index (χ4n) is 0.909. The molecule has 0 amide bonds. The van der Waals surface area contributed by atoms with Crippen molar-refractivity contribution in [2.75, 3.05) is 12.0 Å². The van der Waals surface area contributed by atoms with Gasteiger partial charge < -0.3 is 5.11 Å². The molecule has 4 nitrogen and oxygen atoms in total.